The summed E-state index contributed by atoms with van der Waals surface area (Å²) in [6.45, 7) is 2.42. The van der Waals surface area contributed by atoms with E-state index in [4.69, 9.17) is 9.47 Å². The van der Waals surface area contributed by atoms with Gasteiger partial charge in [-0.3, -0.25) is 14.6 Å². The quantitative estimate of drug-likeness (QED) is 0.185. The Morgan fingerprint density at radius 1 is 0.923 bits per heavy atom. The Balaban J connectivity index is 1.54. The number of aliphatic hydroxyl groups is 1. The second-order valence-corrected chi connectivity index (χ2v) is 9.28. The number of Topliss-reactive ketones (excluding diaryl/α,β-unsaturated/α-hetero) is 1. The first-order chi connectivity index (χ1) is 19.0. The fraction of sp³-hybridized carbons (Fsp3) is 0.156. The SMILES string of the molecule is COc1ccccc1C1/C(=C(\O)c2ccc(OCc3ccccc3)c(C)c2)C(=O)C(=O)N1Cc1cccnc1. The van der Waals surface area contributed by atoms with Gasteiger partial charge in [-0.25, -0.2) is 0 Å². The van der Waals surface area contributed by atoms with Gasteiger partial charge in [-0.05, 0) is 53.9 Å². The molecule has 2 heterocycles. The van der Waals surface area contributed by atoms with Crippen LogP contribution in [0.3, 0.4) is 0 Å². The van der Waals surface area contributed by atoms with Crippen LogP contribution in [0.15, 0.2) is 103 Å². The van der Waals surface area contributed by atoms with Gasteiger partial charge in [-0.15, -0.1) is 0 Å². The highest BCUT2D eigenvalue weighted by molar-refractivity contribution is 6.46. The number of aryl methyl sites for hydroxylation is 1. The zero-order valence-corrected chi connectivity index (χ0v) is 21.7. The minimum absolute atomic E-state index is 0.00532. The third kappa shape index (κ3) is 5.25. The van der Waals surface area contributed by atoms with Crippen molar-refractivity contribution in [3.05, 3.63) is 131 Å². The summed E-state index contributed by atoms with van der Waals surface area (Å²) < 4.78 is 11.6. The molecule has 0 radical (unpaired) electrons. The lowest BCUT2D eigenvalue weighted by Gasteiger charge is -2.26. The van der Waals surface area contributed by atoms with Crippen LogP contribution >= 0.6 is 0 Å². The Bertz CT molecular complexity index is 1530. The summed E-state index contributed by atoms with van der Waals surface area (Å²) in [7, 11) is 1.53. The minimum Gasteiger partial charge on any atom is -0.507 e. The fourth-order valence-corrected chi connectivity index (χ4v) is 4.80. The molecule has 0 bridgehead atoms. The summed E-state index contributed by atoms with van der Waals surface area (Å²) >= 11 is 0. The van der Waals surface area contributed by atoms with Crippen molar-refractivity contribution in [3.8, 4) is 11.5 Å². The van der Waals surface area contributed by atoms with Gasteiger partial charge in [0.15, 0.2) is 0 Å². The number of para-hydroxylation sites is 1. The van der Waals surface area contributed by atoms with Gasteiger partial charge in [-0.2, -0.15) is 0 Å². The number of amides is 1. The number of hydrogen-bond donors (Lipinski definition) is 1. The molecule has 1 aliphatic rings. The van der Waals surface area contributed by atoms with Gasteiger partial charge in [0, 0.05) is 30.1 Å². The molecule has 1 unspecified atom stereocenters. The minimum atomic E-state index is -0.851. The predicted octanol–water partition coefficient (Wildman–Crippen LogP) is 5.60. The highest BCUT2D eigenvalue weighted by atomic mass is 16.5. The number of methoxy groups -OCH3 is 1. The van der Waals surface area contributed by atoms with Crippen molar-refractivity contribution < 1.29 is 24.2 Å². The number of carbonyl (C=O) groups excluding carboxylic acids is 2. The van der Waals surface area contributed by atoms with E-state index in [2.05, 4.69) is 4.98 Å². The molecule has 4 aromatic rings. The molecule has 1 amide bonds. The Hall–Kier alpha value is -4.91. The van der Waals surface area contributed by atoms with Gasteiger partial charge >= 0.3 is 0 Å². The van der Waals surface area contributed by atoms with Crippen molar-refractivity contribution in [2.24, 2.45) is 0 Å². The topological polar surface area (TPSA) is 89.0 Å². The molecule has 1 N–H and O–H groups in total. The normalized spacial score (nSPS) is 16.4. The van der Waals surface area contributed by atoms with E-state index in [1.807, 2.05) is 55.5 Å². The first-order valence-corrected chi connectivity index (χ1v) is 12.6. The van der Waals surface area contributed by atoms with Crippen molar-refractivity contribution >= 4 is 17.4 Å². The van der Waals surface area contributed by atoms with E-state index in [0.29, 0.717) is 29.2 Å². The zero-order chi connectivity index (χ0) is 27.4. The molecule has 1 saturated heterocycles. The van der Waals surface area contributed by atoms with E-state index in [9.17, 15) is 14.7 Å². The van der Waals surface area contributed by atoms with Crippen LogP contribution in [-0.4, -0.2) is 33.8 Å². The lowest BCUT2D eigenvalue weighted by molar-refractivity contribution is -0.140. The van der Waals surface area contributed by atoms with Crippen LogP contribution in [0.25, 0.3) is 5.76 Å². The van der Waals surface area contributed by atoms with E-state index in [1.54, 1.807) is 48.8 Å². The van der Waals surface area contributed by atoms with E-state index >= 15 is 0 Å². The Morgan fingerprint density at radius 2 is 1.67 bits per heavy atom. The summed E-state index contributed by atoms with van der Waals surface area (Å²) in [5.41, 5.74) is 3.60. The second-order valence-electron chi connectivity index (χ2n) is 9.28. The molecule has 1 atom stereocenters. The molecule has 0 saturated carbocycles. The molecule has 1 aromatic heterocycles. The summed E-state index contributed by atoms with van der Waals surface area (Å²) in [4.78, 5) is 32.3. The van der Waals surface area contributed by atoms with Gasteiger partial charge in [0.2, 0.25) is 0 Å². The second kappa shape index (κ2) is 11.2. The number of carbonyl (C=O) groups is 2. The predicted molar refractivity (Wildman–Crippen MR) is 147 cm³/mol. The number of rotatable bonds is 8. The number of aliphatic hydroxyl groups excluding tert-OH is 1. The molecule has 0 aliphatic carbocycles. The van der Waals surface area contributed by atoms with Crippen LogP contribution in [0.1, 0.15) is 33.9 Å². The lowest BCUT2D eigenvalue weighted by atomic mass is 9.94. The molecule has 7 nitrogen and oxygen atoms in total. The summed E-state index contributed by atoms with van der Waals surface area (Å²) in [6.07, 6.45) is 3.29. The van der Waals surface area contributed by atoms with Crippen molar-refractivity contribution in [2.45, 2.75) is 26.1 Å². The average Bonchev–Trinajstić information content (AvgIpc) is 3.22. The van der Waals surface area contributed by atoms with Gasteiger partial charge in [0.05, 0.1) is 18.7 Å². The maximum absolute atomic E-state index is 13.4. The van der Waals surface area contributed by atoms with E-state index in [-0.39, 0.29) is 17.9 Å². The van der Waals surface area contributed by atoms with Crippen molar-refractivity contribution in [1.29, 1.82) is 0 Å². The van der Waals surface area contributed by atoms with Crippen LogP contribution in [-0.2, 0) is 22.7 Å². The van der Waals surface area contributed by atoms with Crippen molar-refractivity contribution in [3.63, 3.8) is 0 Å². The molecule has 5 rings (SSSR count). The molecule has 196 valence electrons. The molecule has 3 aromatic carbocycles. The first-order valence-electron chi connectivity index (χ1n) is 12.6. The maximum Gasteiger partial charge on any atom is 0.295 e. The highest BCUT2D eigenvalue weighted by Gasteiger charge is 2.47. The van der Waals surface area contributed by atoms with Gasteiger partial charge in [-0.1, -0.05) is 54.6 Å². The van der Waals surface area contributed by atoms with Crippen LogP contribution in [0.4, 0.5) is 0 Å². The number of ketones is 1. The van der Waals surface area contributed by atoms with Crippen molar-refractivity contribution in [1.82, 2.24) is 9.88 Å². The van der Waals surface area contributed by atoms with Gasteiger partial charge in [0.1, 0.15) is 23.9 Å². The van der Waals surface area contributed by atoms with E-state index in [0.717, 1.165) is 16.7 Å². The number of benzene rings is 3. The standard InChI is InChI=1S/C32H28N2O5/c1-21-17-24(14-15-26(21)39-20-22-9-4-3-5-10-22)30(35)28-29(25-12-6-7-13-27(25)38-2)34(32(37)31(28)36)19-23-11-8-16-33-18-23/h3-18,29,35H,19-20H2,1-2H3/b30-28+. The van der Waals surface area contributed by atoms with E-state index < -0.39 is 17.7 Å². The monoisotopic (exact) mass is 520 g/mol. The Kier molecular flexibility index (Phi) is 7.41. The summed E-state index contributed by atoms with van der Waals surface area (Å²) in [6, 6.07) is 25.0. The maximum atomic E-state index is 13.4. The molecule has 39 heavy (non-hydrogen) atoms. The van der Waals surface area contributed by atoms with Crippen molar-refractivity contribution in [2.75, 3.05) is 7.11 Å². The van der Waals surface area contributed by atoms with Crippen LogP contribution in [0.2, 0.25) is 0 Å². The number of aromatic nitrogens is 1. The number of ether oxygens (including phenoxy) is 2. The number of pyridine rings is 1. The average molecular weight is 521 g/mol. The third-order valence-electron chi connectivity index (χ3n) is 6.73. The fourth-order valence-electron chi connectivity index (χ4n) is 4.80. The number of likely N-dealkylation sites (tertiary alicyclic amines) is 1. The third-order valence-corrected chi connectivity index (χ3v) is 6.73. The Labute approximate surface area is 227 Å². The van der Waals surface area contributed by atoms with Gasteiger partial charge in [0.25, 0.3) is 11.7 Å². The summed E-state index contributed by atoms with van der Waals surface area (Å²) in [5.74, 6) is -0.540. The molecular weight excluding hydrogens is 492 g/mol. The van der Waals surface area contributed by atoms with Crippen LogP contribution in [0.5, 0.6) is 11.5 Å². The van der Waals surface area contributed by atoms with E-state index in [1.165, 1.54) is 12.0 Å². The smallest absolute Gasteiger partial charge is 0.295 e. The zero-order valence-electron chi connectivity index (χ0n) is 21.7. The van der Waals surface area contributed by atoms with Crippen LogP contribution in [0, 0.1) is 6.92 Å². The van der Waals surface area contributed by atoms with Gasteiger partial charge < -0.3 is 19.5 Å². The molecule has 0 spiro atoms. The largest absolute Gasteiger partial charge is 0.507 e. The summed E-state index contributed by atoms with van der Waals surface area (Å²) in [5, 5.41) is 11.5. The molecule has 1 aliphatic heterocycles. The number of hydrogen-bond acceptors (Lipinski definition) is 6. The first kappa shape index (κ1) is 25.7. The Morgan fingerprint density at radius 3 is 2.38 bits per heavy atom. The highest BCUT2D eigenvalue weighted by Crippen LogP contribution is 2.43. The molecule has 1 fully saturated rings. The molecule has 7 heteroatoms. The number of nitrogens with zero attached hydrogens (tertiary/aromatic N) is 2. The molecular formula is C32H28N2O5. The van der Waals surface area contributed by atoms with Crippen LogP contribution < -0.4 is 9.47 Å². The lowest BCUT2D eigenvalue weighted by Crippen LogP contribution is -2.29.